The summed E-state index contributed by atoms with van der Waals surface area (Å²) >= 11 is 0. The van der Waals surface area contributed by atoms with Crippen molar-refractivity contribution < 1.29 is 14.6 Å². The van der Waals surface area contributed by atoms with Crippen LogP contribution in [0, 0.1) is 0 Å². The number of hydrogen-bond donors (Lipinski definition) is 2. The van der Waals surface area contributed by atoms with E-state index in [-0.39, 0.29) is 12.6 Å². The van der Waals surface area contributed by atoms with Gasteiger partial charge in [0.25, 0.3) is 0 Å². The Morgan fingerprint density at radius 2 is 2.37 bits per heavy atom. The Balaban J connectivity index is 2.16. The van der Waals surface area contributed by atoms with Gasteiger partial charge in [0.1, 0.15) is 5.75 Å². The Hall–Kier alpha value is -1.14. The summed E-state index contributed by atoms with van der Waals surface area (Å²) in [6, 6.07) is 6.06. The Labute approximate surface area is 113 Å². The normalized spacial score (nSPS) is 20.5. The molecule has 1 aromatic rings. The molecule has 0 aliphatic carbocycles. The van der Waals surface area contributed by atoms with Gasteiger partial charge in [-0.05, 0) is 17.7 Å². The van der Waals surface area contributed by atoms with Gasteiger partial charge in [0.05, 0.1) is 33.0 Å². The summed E-state index contributed by atoms with van der Waals surface area (Å²) in [5.41, 5.74) is 7.87. The summed E-state index contributed by atoms with van der Waals surface area (Å²) in [5.74, 6) is 0.861. The van der Waals surface area contributed by atoms with E-state index in [9.17, 15) is 5.11 Å². The molecule has 2 rings (SSSR count). The minimum Gasteiger partial charge on any atom is -0.496 e. The van der Waals surface area contributed by atoms with Crippen molar-refractivity contribution in [2.45, 2.75) is 19.1 Å². The van der Waals surface area contributed by atoms with Crippen LogP contribution in [0.4, 0.5) is 0 Å². The van der Waals surface area contributed by atoms with Crippen molar-refractivity contribution in [2.75, 3.05) is 33.5 Å². The van der Waals surface area contributed by atoms with E-state index in [2.05, 4.69) is 11.0 Å². The monoisotopic (exact) mass is 266 g/mol. The van der Waals surface area contributed by atoms with E-state index in [0.717, 1.165) is 30.0 Å². The molecule has 5 heteroatoms. The van der Waals surface area contributed by atoms with Crippen LogP contribution in [0.15, 0.2) is 18.2 Å². The molecule has 1 unspecified atom stereocenters. The molecule has 1 fully saturated rings. The standard InChI is InChI=1S/C14H22N2O3/c1-18-14-3-2-11(7-15)6-12(14)8-16-4-5-19-10-13(16)9-17/h2-3,6,13,17H,4-5,7-10,15H2,1H3. The van der Waals surface area contributed by atoms with Gasteiger partial charge < -0.3 is 20.3 Å². The fraction of sp³-hybridized carbons (Fsp3) is 0.571. The van der Waals surface area contributed by atoms with Crippen molar-refractivity contribution in [1.82, 2.24) is 4.90 Å². The molecule has 1 heterocycles. The number of morpholine rings is 1. The Kier molecular flexibility index (Phi) is 5.15. The lowest BCUT2D eigenvalue weighted by molar-refractivity contribution is -0.0315. The fourth-order valence-electron chi connectivity index (χ4n) is 2.37. The maximum Gasteiger partial charge on any atom is 0.123 e. The number of nitrogens with zero attached hydrogens (tertiary/aromatic N) is 1. The minimum absolute atomic E-state index is 0.0555. The Morgan fingerprint density at radius 1 is 1.53 bits per heavy atom. The minimum atomic E-state index is 0.0555. The zero-order valence-corrected chi connectivity index (χ0v) is 11.3. The van der Waals surface area contributed by atoms with Gasteiger partial charge in [-0.15, -0.1) is 0 Å². The molecule has 0 radical (unpaired) electrons. The highest BCUT2D eigenvalue weighted by Crippen LogP contribution is 2.23. The molecule has 1 aliphatic heterocycles. The van der Waals surface area contributed by atoms with E-state index in [1.165, 1.54) is 0 Å². The molecule has 19 heavy (non-hydrogen) atoms. The first-order chi connectivity index (χ1) is 9.28. The predicted molar refractivity (Wildman–Crippen MR) is 73.0 cm³/mol. The summed E-state index contributed by atoms with van der Waals surface area (Å²) < 4.78 is 10.8. The van der Waals surface area contributed by atoms with Crippen molar-refractivity contribution in [2.24, 2.45) is 5.73 Å². The van der Waals surface area contributed by atoms with Gasteiger partial charge >= 0.3 is 0 Å². The van der Waals surface area contributed by atoms with Gasteiger partial charge in [0, 0.05) is 25.2 Å². The average Bonchev–Trinajstić information content (AvgIpc) is 2.47. The van der Waals surface area contributed by atoms with Crippen molar-refractivity contribution >= 4 is 0 Å². The second-order valence-electron chi connectivity index (χ2n) is 4.73. The number of benzene rings is 1. The van der Waals surface area contributed by atoms with Crippen LogP contribution in [0.1, 0.15) is 11.1 Å². The van der Waals surface area contributed by atoms with Crippen molar-refractivity contribution in [3.8, 4) is 5.75 Å². The molecule has 3 N–H and O–H groups in total. The van der Waals surface area contributed by atoms with Crippen molar-refractivity contribution in [3.05, 3.63) is 29.3 Å². The molecule has 0 aromatic heterocycles. The number of hydrogen-bond acceptors (Lipinski definition) is 5. The van der Waals surface area contributed by atoms with Gasteiger partial charge in [-0.1, -0.05) is 6.07 Å². The zero-order chi connectivity index (χ0) is 13.7. The van der Waals surface area contributed by atoms with E-state index in [4.69, 9.17) is 15.2 Å². The first kappa shape index (κ1) is 14.3. The van der Waals surface area contributed by atoms with Gasteiger partial charge in [-0.25, -0.2) is 0 Å². The molecule has 5 nitrogen and oxygen atoms in total. The topological polar surface area (TPSA) is 68.0 Å². The van der Waals surface area contributed by atoms with E-state index in [1.54, 1.807) is 7.11 Å². The molecule has 1 aliphatic rings. The highest BCUT2D eigenvalue weighted by atomic mass is 16.5. The fourth-order valence-corrected chi connectivity index (χ4v) is 2.37. The lowest BCUT2D eigenvalue weighted by Gasteiger charge is -2.34. The zero-order valence-electron chi connectivity index (χ0n) is 11.3. The maximum atomic E-state index is 9.39. The van der Waals surface area contributed by atoms with E-state index in [0.29, 0.717) is 19.8 Å². The first-order valence-electron chi connectivity index (χ1n) is 6.57. The average molecular weight is 266 g/mol. The summed E-state index contributed by atoms with van der Waals surface area (Å²) in [6.07, 6.45) is 0. The third-order valence-corrected chi connectivity index (χ3v) is 3.51. The van der Waals surface area contributed by atoms with Crippen LogP contribution in [0.3, 0.4) is 0 Å². The smallest absolute Gasteiger partial charge is 0.123 e. The second kappa shape index (κ2) is 6.86. The third-order valence-electron chi connectivity index (χ3n) is 3.51. The SMILES string of the molecule is COc1ccc(CN)cc1CN1CCOCC1CO. The third kappa shape index (κ3) is 3.45. The second-order valence-corrected chi connectivity index (χ2v) is 4.73. The largest absolute Gasteiger partial charge is 0.496 e. The summed E-state index contributed by atoms with van der Waals surface area (Å²) in [4.78, 5) is 2.22. The van der Waals surface area contributed by atoms with E-state index < -0.39 is 0 Å². The molecule has 0 bridgehead atoms. The van der Waals surface area contributed by atoms with Gasteiger partial charge in [-0.3, -0.25) is 4.90 Å². The number of ether oxygens (including phenoxy) is 2. The van der Waals surface area contributed by atoms with Crippen molar-refractivity contribution in [3.63, 3.8) is 0 Å². The number of rotatable bonds is 5. The van der Waals surface area contributed by atoms with Crippen LogP contribution in [0.5, 0.6) is 5.75 Å². The number of nitrogens with two attached hydrogens (primary N) is 1. The molecule has 1 atom stereocenters. The number of methoxy groups -OCH3 is 1. The van der Waals surface area contributed by atoms with Crippen LogP contribution in [-0.4, -0.2) is 49.5 Å². The van der Waals surface area contributed by atoms with Crippen LogP contribution in [-0.2, 0) is 17.8 Å². The lowest BCUT2D eigenvalue weighted by atomic mass is 10.1. The van der Waals surface area contributed by atoms with Gasteiger partial charge in [0.15, 0.2) is 0 Å². The highest BCUT2D eigenvalue weighted by Gasteiger charge is 2.23. The van der Waals surface area contributed by atoms with Crippen LogP contribution in [0.2, 0.25) is 0 Å². The molecule has 106 valence electrons. The first-order valence-corrected chi connectivity index (χ1v) is 6.57. The molecule has 0 amide bonds. The molecule has 1 aromatic carbocycles. The van der Waals surface area contributed by atoms with E-state index >= 15 is 0 Å². The summed E-state index contributed by atoms with van der Waals surface area (Å²) in [6.45, 7) is 3.47. The number of aliphatic hydroxyl groups is 1. The molecule has 1 saturated heterocycles. The van der Waals surface area contributed by atoms with Crippen LogP contribution in [0.25, 0.3) is 0 Å². The summed E-state index contributed by atoms with van der Waals surface area (Å²) in [7, 11) is 1.67. The lowest BCUT2D eigenvalue weighted by Crippen LogP contribution is -2.46. The van der Waals surface area contributed by atoms with Crippen LogP contribution < -0.4 is 10.5 Å². The highest BCUT2D eigenvalue weighted by molar-refractivity contribution is 5.37. The quantitative estimate of drug-likeness (QED) is 0.805. The summed E-state index contributed by atoms with van der Waals surface area (Å²) in [5, 5.41) is 9.39. The Bertz CT molecular complexity index is 412. The molecular formula is C14H22N2O3. The Morgan fingerprint density at radius 3 is 3.05 bits per heavy atom. The van der Waals surface area contributed by atoms with E-state index in [1.807, 2.05) is 12.1 Å². The van der Waals surface area contributed by atoms with Crippen molar-refractivity contribution in [1.29, 1.82) is 0 Å². The maximum absolute atomic E-state index is 9.39. The predicted octanol–water partition coefficient (Wildman–Crippen LogP) is 0.347. The van der Waals surface area contributed by atoms with Gasteiger partial charge in [0.2, 0.25) is 0 Å². The molecule has 0 spiro atoms. The van der Waals surface area contributed by atoms with Crippen LogP contribution >= 0.6 is 0 Å². The number of aliphatic hydroxyl groups excluding tert-OH is 1. The molecular weight excluding hydrogens is 244 g/mol. The van der Waals surface area contributed by atoms with Gasteiger partial charge in [-0.2, -0.15) is 0 Å². The molecule has 0 saturated carbocycles.